The van der Waals surface area contributed by atoms with Gasteiger partial charge in [-0.3, -0.25) is 14.4 Å². The van der Waals surface area contributed by atoms with E-state index in [9.17, 15) is 14.4 Å². The van der Waals surface area contributed by atoms with E-state index in [1.54, 1.807) is 18.9 Å². The second kappa shape index (κ2) is 6.56. The van der Waals surface area contributed by atoms with E-state index in [1.165, 1.54) is 22.9 Å². The molecule has 114 valence electrons. The SMILES string of the molecule is CCOC(=O)C1CCCN(C(=O)c2ccc(=O)n(C)c2)C1. The summed E-state index contributed by atoms with van der Waals surface area (Å²) in [6.45, 7) is 3.12. The van der Waals surface area contributed by atoms with Crippen LogP contribution in [0.4, 0.5) is 0 Å². The molecule has 6 heteroatoms. The molecule has 0 aromatic carbocycles. The summed E-state index contributed by atoms with van der Waals surface area (Å²) in [4.78, 5) is 37.3. The van der Waals surface area contributed by atoms with E-state index in [-0.39, 0.29) is 23.4 Å². The second-order valence-electron chi connectivity index (χ2n) is 5.21. The van der Waals surface area contributed by atoms with E-state index in [2.05, 4.69) is 0 Å². The van der Waals surface area contributed by atoms with Crippen LogP contribution in [0.1, 0.15) is 30.1 Å². The minimum atomic E-state index is -0.254. The number of carbonyl (C=O) groups excluding carboxylic acids is 2. The first-order valence-electron chi connectivity index (χ1n) is 7.15. The molecule has 1 aliphatic heterocycles. The van der Waals surface area contributed by atoms with Crippen LogP contribution in [0.15, 0.2) is 23.1 Å². The molecule has 0 spiro atoms. The summed E-state index contributed by atoms with van der Waals surface area (Å²) in [6.07, 6.45) is 3.05. The third-order valence-corrected chi connectivity index (χ3v) is 3.66. The summed E-state index contributed by atoms with van der Waals surface area (Å²) in [5, 5.41) is 0. The second-order valence-corrected chi connectivity index (χ2v) is 5.21. The zero-order chi connectivity index (χ0) is 15.4. The molecule has 1 unspecified atom stereocenters. The van der Waals surface area contributed by atoms with E-state index in [4.69, 9.17) is 4.74 Å². The van der Waals surface area contributed by atoms with E-state index in [1.807, 2.05) is 0 Å². The van der Waals surface area contributed by atoms with Crippen molar-refractivity contribution in [2.24, 2.45) is 13.0 Å². The summed E-state index contributed by atoms with van der Waals surface area (Å²) >= 11 is 0. The number of carbonyl (C=O) groups is 2. The molecule has 1 aliphatic rings. The van der Waals surface area contributed by atoms with Crippen molar-refractivity contribution in [2.75, 3.05) is 19.7 Å². The lowest BCUT2D eigenvalue weighted by molar-refractivity contribution is -0.149. The molecule has 1 aromatic heterocycles. The Morgan fingerprint density at radius 1 is 1.38 bits per heavy atom. The lowest BCUT2D eigenvalue weighted by Crippen LogP contribution is -2.43. The van der Waals surface area contributed by atoms with Gasteiger partial charge in [-0.15, -0.1) is 0 Å². The van der Waals surface area contributed by atoms with Gasteiger partial charge in [-0.05, 0) is 25.8 Å². The van der Waals surface area contributed by atoms with Crippen molar-refractivity contribution in [3.63, 3.8) is 0 Å². The number of hydrogen-bond donors (Lipinski definition) is 0. The number of aryl methyl sites for hydroxylation is 1. The number of aromatic nitrogens is 1. The largest absolute Gasteiger partial charge is 0.466 e. The van der Waals surface area contributed by atoms with Gasteiger partial charge in [0.1, 0.15) is 0 Å². The molecule has 1 fully saturated rings. The lowest BCUT2D eigenvalue weighted by atomic mass is 9.97. The van der Waals surface area contributed by atoms with Gasteiger partial charge in [0.05, 0.1) is 18.1 Å². The standard InChI is InChI=1S/C15H20N2O4/c1-3-21-15(20)12-5-4-8-17(10-12)14(19)11-6-7-13(18)16(2)9-11/h6-7,9,12H,3-5,8,10H2,1-2H3. The number of likely N-dealkylation sites (tertiary alicyclic amines) is 1. The molecule has 0 aliphatic carbocycles. The van der Waals surface area contributed by atoms with E-state index >= 15 is 0 Å². The first kappa shape index (κ1) is 15.3. The van der Waals surface area contributed by atoms with Gasteiger partial charge in [-0.1, -0.05) is 0 Å². The first-order valence-corrected chi connectivity index (χ1v) is 7.15. The summed E-state index contributed by atoms with van der Waals surface area (Å²) in [5.41, 5.74) is 0.302. The summed E-state index contributed by atoms with van der Waals surface area (Å²) in [5.74, 6) is -0.648. The number of esters is 1. The molecule has 1 atom stereocenters. The van der Waals surface area contributed by atoms with Crippen LogP contribution in [0.2, 0.25) is 0 Å². The van der Waals surface area contributed by atoms with Crippen molar-refractivity contribution in [1.29, 1.82) is 0 Å². The Balaban J connectivity index is 2.09. The van der Waals surface area contributed by atoms with Crippen LogP contribution in [0.5, 0.6) is 0 Å². The maximum atomic E-state index is 12.4. The molecule has 0 N–H and O–H groups in total. The highest BCUT2D eigenvalue weighted by atomic mass is 16.5. The molecule has 6 nitrogen and oxygen atoms in total. The highest BCUT2D eigenvalue weighted by molar-refractivity contribution is 5.94. The van der Waals surface area contributed by atoms with E-state index < -0.39 is 0 Å². The van der Waals surface area contributed by atoms with Gasteiger partial charge in [0.15, 0.2) is 0 Å². The molecule has 0 radical (unpaired) electrons. The number of pyridine rings is 1. The number of amides is 1. The quantitative estimate of drug-likeness (QED) is 0.773. The first-order chi connectivity index (χ1) is 10.0. The molecule has 1 aromatic rings. The molecular weight excluding hydrogens is 272 g/mol. The average Bonchev–Trinajstić information content (AvgIpc) is 2.49. The van der Waals surface area contributed by atoms with Gasteiger partial charge in [-0.25, -0.2) is 0 Å². The van der Waals surface area contributed by atoms with Gasteiger partial charge in [0.25, 0.3) is 5.91 Å². The van der Waals surface area contributed by atoms with Gasteiger partial charge in [-0.2, -0.15) is 0 Å². The number of nitrogens with zero attached hydrogens (tertiary/aromatic N) is 2. The van der Waals surface area contributed by atoms with Crippen molar-refractivity contribution in [3.8, 4) is 0 Å². The fourth-order valence-corrected chi connectivity index (χ4v) is 2.52. The van der Waals surface area contributed by atoms with Crippen LogP contribution in [0.3, 0.4) is 0 Å². The van der Waals surface area contributed by atoms with Crippen LogP contribution >= 0.6 is 0 Å². The molecule has 0 bridgehead atoms. The number of ether oxygens (including phenoxy) is 1. The third-order valence-electron chi connectivity index (χ3n) is 3.66. The zero-order valence-corrected chi connectivity index (χ0v) is 12.4. The van der Waals surface area contributed by atoms with Gasteiger partial charge < -0.3 is 14.2 Å². The predicted molar refractivity (Wildman–Crippen MR) is 76.9 cm³/mol. The predicted octanol–water partition coefficient (Wildman–Crippen LogP) is 0.801. The van der Waals surface area contributed by atoms with Crippen LogP contribution in [-0.4, -0.2) is 41.0 Å². The van der Waals surface area contributed by atoms with Crippen LogP contribution < -0.4 is 5.56 Å². The molecule has 1 amide bonds. The summed E-state index contributed by atoms with van der Waals surface area (Å²) < 4.78 is 6.40. The smallest absolute Gasteiger partial charge is 0.310 e. The number of rotatable bonds is 3. The molecule has 21 heavy (non-hydrogen) atoms. The number of piperidine rings is 1. The van der Waals surface area contributed by atoms with Gasteiger partial charge >= 0.3 is 5.97 Å². The Morgan fingerprint density at radius 2 is 2.14 bits per heavy atom. The average molecular weight is 292 g/mol. The maximum absolute atomic E-state index is 12.4. The third kappa shape index (κ3) is 3.51. The van der Waals surface area contributed by atoms with Gasteiger partial charge in [0, 0.05) is 32.4 Å². The zero-order valence-electron chi connectivity index (χ0n) is 12.4. The Hall–Kier alpha value is -2.11. The Labute approximate surface area is 123 Å². The van der Waals surface area contributed by atoms with Crippen LogP contribution in [0, 0.1) is 5.92 Å². The Morgan fingerprint density at radius 3 is 2.81 bits per heavy atom. The van der Waals surface area contributed by atoms with Crippen molar-refractivity contribution in [3.05, 3.63) is 34.2 Å². The highest BCUT2D eigenvalue weighted by Crippen LogP contribution is 2.19. The maximum Gasteiger partial charge on any atom is 0.310 e. The summed E-state index contributed by atoms with van der Waals surface area (Å²) in [7, 11) is 1.61. The minimum Gasteiger partial charge on any atom is -0.466 e. The normalized spacial score (nSPS) is 18.4. The van der Waals surface area contributed by atoms with Crippen molar-refractivity contribution in [2.45, 2.75) is 19.8 Å². The van der Waals surface area contributed by atoms with E-state index in [0.717, 1.165) is 12.8 Å². The van der Waals surface area contributed by atoms with E-state index in [0.29, 0.717) is 25.3 Å². The molecular formula is C15H20N2O4. The Kier molecular flexibility index (Phi) is 4.77. The number of hydrogen-bond acceptors (Lipinski definition) is 4. The Bertz CT molecular complexity index is 594. The molecule has 1 saturated heterocycles. The lowest BCUT2D eigenvalue weighted by Gasteiger charge is -2.31. The monoisotopic (exact) mass is 292 g/mol. The van der Waals surface area contributed by atoms with Gasteiger partial charge in [0.2, 0.25) is 5.56 Å². The fraction of sp³-hybridized carbons (Fsp3) is 0.533. The van der Waals surface area contributed by atoms with Crippen molar-refractivity contribution < 1.29 is 14.3 Å². The van der Waals surface area contributed by atoms with Crippen molar-refractivity contribution in [1.82, 2.24) is 9.47 Å². The van der Waals surface area contributed by atoms with Crippen LogP contribution in [-0.2, 0) is 16.6 Å². The molecule has 2 heterocycles. The fourth-order valence-electron chi connectivity index (χ4n) is 2.52. The molecule has 0 saturated carbocycles. The topological polar surface area (TPSA) is 68.6 Å². The molecule has 2 rings (SSSR count). The highest BCUT2D eigenvalue weighted by Gasteiger charge is 2.29. The van der Waals surface area contributed by atoms with Crippen molar-refractivity contribution >= 4 is 11.9 Å². The van der Waals surface area contributed by atoms with Crippen LogP contribution in [0.25, 0.3) is 0 Å². The minimum absolute atomic E-state index is 0.153. The summed E-state index contributed by atoms with van der Waals surface area (Å²) in [6, 6.07) is 2.90.